The molecule has 1 atom stereocenters. The fourth-order valence-electron chi connectivity index (χ4n) is 3.75. The van der Waals surface area contributed by atoms with Gasteiger partial charge in [0.05, 0.1) is 6.61 Å². The average molecular weight is 357 g/mol. The van der Waals surface area contributed by atoms with E-state index in [4.69, 9.17) is 4.74 Å². The Kier molecular flexibility index (Phi) is 5.86. The Balaban J connectivity index is 1.70. The molecule has 26 heavy (non-hydrogen) atoms. The third-order valence-corrected chi connectivity index (χ3v) is 5.01. The lowest BCUT2D eigenvalue weighted by Crippen LogP contribution is -2.58. The number of ether oxygens (including phenoxy) is 1. The summed E-state index contributed by atoms with van der Waals surface area (Å²) in [6, 6.07) is 8.14. The van der Waals surface area contributed by atoms with Gasteiger partial charge in [-0.15, -0.1) is 0 Å². The molecule has 0 bridgehead atoms. The Hall–Kier alpha value is -2.02. The van der Waals surface area contributed by atoms with Crippen molar-refractivity contribution >= 4 is 16.7 Å². The van der Waals surface area contributed by atoms with Crippen molar-refractivity contribution in [2.45, 2.75) is 25.0 Å². The highest BCUT2D eigenvalue weighted by atomic mass is 16.5. The normalized spacial score (nSPS) is 20.9. The topological polar surface area (TPSA) is 65.9 Å². The second kappa shape index (κ2) is 8.12. The highest BCUT2D eigenvalue weighted by molar-refractivity contribution is 5.86. The molecule has 1 aromatic heterocycles. The zero-order chi connectivity index (χ0) is 18.6. The molecule has 0 radical (unpaired) electrons. The summed E-state index contributed by atoms with van der Waals surface area (Å²) in [5.74, 6) is -0.185. The standard InChI is InChI=1S/C20H27N3O3/c1-22(14-17-6-3-5-16-13-21-9-7-18(16)17)15-20(25)8-4-10-23(19(20)24)11-12-26-2/h3,5-7,9,13,25H,4,8,10-12,14-15H2,1-2H3/t20-/m1/s1. The van der Waals surface area contributed by atoms with Crippen LogP contribution in [-0.4, -0.2) is 71.8 Å². The highest BCUT2D eigenvalue weighted by Crippen LogP contribution is 2.25. The Morgan fingerprint density at radius 2 is 2.23 bits per heavy atom. The number of carbonyl (C=O) groups is 1. The number of nitrogens with zero attached hydrogens (tertiary/aromatic N) is 3. The van der Waals surface area contributed by atoms with Crippen LogP contribution in [0.2, 0.25) is 0 Å². The Morgan fingerprint density at radius 3 is 3.04 bits per heavy atom. The predicted molar refractivity (Wildman–Crippen MR) is 101 cm³/mol. The van der Waals surface area contributed by atoms with Crippen molar-refractivity contribution in [1.82, 2.24) is 14.8 Å². The SMILES string of the molecule is COCCN1CCC[C@@](O)(CN(C)Cc2cccc3cnccc23)C1=O. The third-order valence-electron chi connectivity index (χ3n) is 5.01. The molecular formula is C20H27N3O3. The van der Waals surface area contributed by atoms with Gasteiger partial charge in [0.1, 0.15) is 0 Å². The minimum Gasteiger partial charge on any atom is -0.383 e. The van der Waals surface area contributed by atoms with Crippen molar-refractivity contribution < 1.29 is 14.6 Å². The molecule has 0 aliphatic carbocycles. The van der Waals surface area contributed by atoms with E-state index in [0.29, 0.717) is 39.2 Å². The van der Waals surface area contributed by atoms with Crippen molar-refractivity contribution in [3.05, 3.63) is 42.2 Å². The van der Waals surface area contributed by atoms with Crippen LogP contribution >= 0.6 is 0 Å². The molecule has 1 aliphatic rings. The van der Waals surface area contributed by atoms with Crippen LogP contribution in [-0.2, 0) is 16.1 Å². The minimum absolute atomic E-state index is 0.185. The number of benzene rings is 1. The maximum Gasteiger partial charge on any atom is 0.255 e. The summed E-state index contributed by atoms with van der Waals surface area (Å²) in [4.78, 5) is 20.6. The number of carbonyl (C=O) groups excluding carboxylic acids is 1. The molecule has 1 N–H and O–H groups in total. The predicted octanol–water partition coefficient (Wildman–Crippen LogP) is 1.67. The van der Waals surface area contributed by atoms with Crippen molar-refractivity contribution in [1.29, 1.82) is 0 Å². The van der Waals surface area contributed by atoms with Gasteiger partial charge in [0, 0.05) is 51.1 Å². The molecule has 1 saturated heterocycles. The fourth-order valence-corrected chi connectivity index (χ4v) is 3.75. The zero-order valence-corrected chi connectivity index (χ0v) is 15.5. The maximum atomic E-state index is 12.7. The monoisotopic (exact) mass is 357 g/mol. The Morgan fingerprint density at radius 1 is 1.38 bits per heavy atom. The second-order valence-corrected chi connectivity index (χ2v) is 7.11. The molecule has 1 amide bonds. The van der Waals surface area contributed by atoms with Crippen LogP contribution in [0, 0.1) is 0 Å². The Labute approximate surface area is 154 Å². The lowest BCUT2D eigenvalue weighted by atomic mass is 9.91. The molecule has 0 spiro atoms. The highest BCUT2D eigenvalue weighted by Gasteiger charge is 2.42. The van der Waals surface area contributed by atoms with Crippen LogP contribution in [0.5, 0.6) is 0 Å². The lowest BCUT2D eigenvalue weighted by molar-refractivity contribution is -0.159. The number of hydrogen-bond acceptors (Lipinski definition) is 5. The number of fused-ring (bicyclic) bond motifs is 1. The zero-order valence-electron chi connectivity index (χ0n) is 15.5. The van der Waals surface area contributed by atoms with Crippen LogP contribution in [0.1, 0.15) is 18.4 Å². The summed E-state index contributed by atoms with van der Waals surface area (Å²) in [5.41, 5.74) is -0.164. The number of pyridine rings is 1. The third kappa shape index (κ3) is 4.03. The van der Waals surface area contributed by atoms with E-state index >= 15 is 0 Å². The van der Waals surface area contributed by atoms with E-state index in [0.717, 1.165) is 22.8 Å². The molecule has 0 unspecified atom stereocenters. The lowest BCUT2D eigenvalue weighted by Gasteiger charge is -2.40. The van der Waals surface area contributed by atoms with Crippen molar-refractivity contribution in [3.8, 4) is 0 Å². The largest absolute Gasteiger partial charge is 0.383 e. The van der Waals surface area contributed by atoms with Crippen LogP contribution < -0.4 is 0 Å². The van der Waals surface area contributed by atoms with Gasteiger partial charge in [0.2, 0.25) is 0 Å². The molecule has 0 saturated carbocycles. The van der Waals surface area contributed by atoms with E-state index < -0.39 is 5.60 Å². The van der Waals surface area contributed by atoms with E-state index in [1.54, 1.807) is 18.2 Å². The van der Waals surface area contributed by atoms with Gasteiger partial charge in [-0.1, -0.05) is 18.2 Å². The summed E-state index contributed by atoms with van der Waals surface area (Å²) >= 11 is 0. The molecule has 1 fully saturated rings. The van der Waals surface area contributed by atoms with Crippen LogP contribution in [0.25, 0.3) is 10.8 Å². The molecular weight excluding hydrogens is 330 g/mol. The van der Waals surface area contributed by atoms with Gasteiger partial charge in [0.15, 0.2) is 5.60 Å². The van der Waals surface area contributed by atoms with Gasteiger partial charge in [-0.05, 0) is 36.9 Å². The van der Waals surface area contributed by atoms with Crippen molar-refractivity contribution in [3.63, 3.8) is 0 Å². The average Bonchev–Trinajstić information content (AvgIpc) is 2.63. The second-order valence-electron chi connectivity index (χ2n) is 7.11. The van der Waals surface area contributed by atoms with Gasteiger partial charge in [0.25, 0.3) is 5.91 Å². The summed E-state index contributed by atoms with van der Waals surface area (Å²) in [6.07, 6.45) is 4.95. The first kappa shape index (κ1) is 18.8. The van der Waals surface area contributed by atoms with Crippen LogP contribution in [0.15, 0.2) is 36.7 Å². The number of piperidine rings is 1. The van der Waals surface area contributed by atoms with Crippen molar-refractivity contribution in [2.75, 3.05) is 40.4 Å². The van der Waals surface area contributed by atoms with Gasteiger partial charge in [-0.3, -0.25) is 14.7 Å². The minimum atomic E-state index is -1.33. The van der Waals surface area contributed by atoms with Gasteiger partial charge >= 0.3 is 0 Å². The molecule has 6 heteroatoms. The van der Waals surface area contributed by atoms with Gasteiger partial charge in [-0.2, -0.15) is 0 Å². The number of aliphatic hydroxyl groups is 1. The first-order valence-corrected chi connectivity index (χ1v) is 9.04. The summed E-state index contributed by atoms with van der Waals surface area (Å²) < 4.78 is 5.07. The first-order valence-electron chi connectivity index (χ1n) is 9.04. The number of hydrogen-bond donors (Lipinski definition) is 1. The number of amides is 1. The number of likely N-dealkylation sites (N-methyl/N-ethyl adjacent to an activating group) is 1. The number of rotatable bonds is 7. The van der Waals surface area contributed by atoms with E-state index in [9.17, 15) is 9.90 Å². The summed E-state index contributed by atoms with van der Waals surface area (Å²) in [5, 5.41) is 13.2. The van der Waals surface area contributed by atoms with Gasteiger partial charge in [-0.25, -0.2) is 0 Å². The Bertz CT molecular complexity index is 762. The molecule has 2 heterocycles. The van der Waals surface area contributed by atoms with Gasteiger partial charge < -0.3 is 14.7 Å². The van der Waals surface area contributed by atoms with Crippen molar-refractivity contribution in [2.24, 2.45) is 0 Å². The maximum absolute atomic E-state index is 12.7. The molecule has 1 aliphatic heterocycles. The van der Waals surface area contributed by atoms with Crippen LogP contribution in [0.4, 0.5) is 0 Å². The molecule has 6 nitrogen and oxygen atoms in total. The van der Waals surface area contributed by atoms with Crippen LogP contribution in [0.3, 0.4) is 0 Å². The van der Waals surface area contributed by atoms with E-state index in [-0.39, 0.29) is 5.91 Å². The molecule has 140 valence electrons. The number of aromatic nitrogens is 1. The van der Waals surface area contributed by atoms with E-state index in [2.05, 4.69) is 11.1 Å². The fraction of sp³-hybridized carbons (Fsp3) is 0.500. The smallest absolute Gasteiger partial charge is 0.255 e. The number of methoxy groups -OCH3 is 1. The molecule has 3 rings (SSSR count). The van der Waals surface area contributed by atoms with E-state index in [1.165, 1.54) is 0 Å². The molecule has 2 aromatic rings. The first-order chi connectivity index (χ1) is 12.5. The number of likely N-dealkylation sites (tertiary alicyclic amines) is 1. The molecule has 1 aromatic carbocycles. The quantitative estimate of drug-likeness (QED) is 0.816. The summed E-state index contributed by atoms with van der Waals surface area (Å²) in [6.45, 7) is 2.68. The van der Waals surface area contributed by atoms with E-state index in [1.807, 2.05) is 36.3 Å². The summed E-state index contributed by atoms with van der Waals surface area (Å²) in [7, 11) is 3.56.